The minimum absolute atomic E-state index is 0.109. The Morgan fingerprint density at radius 1 is 1.26 bits per heavy atom. The van der Waals surface area contributed by atoms with Crippen LogP contribution in [0, 0.1) is 0 Å². The maximum absolute atomic E-state index is 12.2. The smallest absolute Gasteiger partial charge is 0.240 e. The first-order valence-electron chi connectivity index (χ1n) is 6.34. The molecule has 1 fully saturated rings. The minimum Gasteiger partial charge on any atom is -0.388 e. The highest BCUT2D eigenvalue weighted by atomic mass is 32.2. The molecule has 2 rings (SSSR count). The second kappa shape index (κ2) is 5.73. The molecule has 2 N–H and O–H groups in total. The van der Waals surface area contributed by atoms with Gasteiger partial charge in [0.25, 0.3) is 0 Å². The molecule has 0 atom stereocenters. The normalized spacial score (nSPS) is 17.8. The summed E-state index contributed by atoms with van der Waals surface area (Å²) >= 11 is 1.76. The van der Waals surface area contributed by atoms with E-state index in [1.54, 1.807) is 43.1 Å². The lowest BCUT2D eigenvalue weighted by atomic mass is 9.84. The van der Waals surface area contributed by atoms with Gasteiger partial charge in [-0.05, 0) is 43.4 Å². The quantitative estimate of drug-likeness (QED) is 0.846. The fraction of sp³-hybridized carbons (Fsp3) is 0.538. The van der Waals surface area contributed by atoms with Gasteiger partial charge >= 0.3 is 0 Å². The Morgan fingerprint density at radius 2 is 1.89 bits per heavy atom. The Kier molecular flexibility index (Phi) is 4.43. The number of sulfonamides is 1. The molecular formula is C13H20N2O2S2. The van der Waals surface area contributed by atoms with Crippen LogP contribution in [0.3, 0.4) is 0 Å². The first kappa shape index (κ1) is 14.7. The molecule has 0 bridgehead atoms. The monoisotopic (exact) mass is 300 g/mol. The van der Waals surface area contributed by atoms with Crippen LogP contribution in [0.25, 0.3) is 0 Å². The van der Waals surface area contributed by atoms with Gasteiger partial charge in [-0.25, -0.2) is 13.1 Å². The van der Waals surface area contributed by atoms with E-state index in [1.807, 2.05) is 0 Å². The number of nitrogens with one attached hydrogen (secondary N) is 2. The molecule has 0 heterocycles. The zero-order chi connectivity index (χ0) is 13.9. The van der Waals surface area contributed by atoms with Crippen molar-refractivity contribution in [3.8, 4) is 0 Å². The zero-order valence-electron chi connectivity index (χ0n) is 11.3. The first-order chi connectivity index (χ1) is 9.01. The second-order valence-corrected chi connectivity index (χ2v) is 7.88. The highest BCUT2D eigenvalue weighted by Crippen LogP contribution is 2.42. The SMILES string of the molecule is CNc1ccc(S(=O)(=O)NCC2(SC)CCC2)cc1. The molecule has 0 saturated heterocycles. The molecule has 1 aromatic carbocycles. The van der Waals surface area contributed by atoms with Crippen LogP contribution in [0.2, 0.25) is 0 Å². The van der Waals surface area contributed by atoms with Crippen LogP contribution in [0.15, 0.2) is 29.2 Å². The Bertz CT molecular complexity index is 517. The van der Waals surface area contributed by atoms with Crippen LogP contribution in [0.5, 0.6) is 0 Å². The third kappa shape index (κ3) is 3.24. The van der Waals surface area contributed by atoms with Gasteiger partial charge in [-0.2, -0.15) is 11.8 Å². The molecule has 106 valence electrons. The van der Waals surface area contributed by atoms with Crippen LogP contribution in [-0.2, 0) is 10.0 Å². The number of thioether (sulfide) groups is 1. The highest BCUT2D eigenvalue weighted by molar-refractivity contribution is 8.00. The van der Waals surface area contributed by atoms with E-state index in [9.17, 15) is 8.42 Å². The predicted molar refractivity (Wildman–Crippen MR) is 81.3 cm³/mol. The third-order valence-corrected chi connectivity index (χ3v) is 6.57. The van der Waals surface area contributed by atoms with E-state index in [0.717, 1.165) is 18.5 Å². The Hall–Kier alpha value is -0.720. The first-order valence-corrected chi connectivity index (χ1v) is 9.05. The van der Waals surface area contributed by atoms with Crippen molar-refractivity contribution in [2.24, 2.45) is 0 Å². The molecule has 1 saturated carbocycles. The molecule has 0 amide bonds. The fourth-order valence-corrected chi connectivity index (χ4v) is 4.27. The van der Waals surface area contributed by atoms with Crippen molar-refractivity contribution in [1.82, 2.24) is 4.72 Å². The van der Waals surface area contributed by atoms with Crippen LogP contribution in [0.1, 0.15) is 19.3 Å². The lowest BCUT2D eigenvalue weighted by molar-refractivity contribution is 0.362. The molecule has 0 unspecified atom stereocenters. The van der Waals surface area contributed by atoms with Crippen molar-refractivity contribution in [1.29, 1.82) is 0 Å². The van der Waals surface area contributed by atoms with Crippen molar-refractivity contribution in [3.63, 3.8) is 0 Å². The van der Waals surface area contributed by atoms with Gasteiger partial charge < -0.3 is 5.32 Å². The van der Waals surface area contributed by atoms with Crippen molar-refractivity contribution < 1.29 is 8.42 Å². The molecule has 0 radical (unpaired) electrons. The molecule has 4 nitrogen and oxygen atoms in total. The number of hydrogen-bond acceptors (Lipinski definition) is 4. The van der Waals surface area contributed by atoms with Gasteiger partial charge in [0, 0.05) is 24.0 Å². The lowest BCUT2D eigenvalue weighted by Gasteiger charge is -2.40. The van der Waals surface area contributed by atoms with Crippen LogP contribution in [-0.4, -0.2) is 33.0 Å². The lowest BCUT2D eigenvalue weighted by Crippen LogP contribution is -2.45. The maximum atomic E-state index is 12.2. The van der Waals surface area contributed by atoms with Crippen LogP contribution in [0.4, 0.5) is 5.69 Å². The van der Waals surface area contributed by atoms with Gasteiger partial charge in [-0.15, -0.1) is 0 Å². The molecule has 19 heavy (non-hydrogen) atoms. The molecule has 1 aliphatic rings. The fourth-order valence-electron chi connectivity index (χ4n) is 2.13. The molecule has 1 aromatic rings. The maximum Gasteiger partial charge on any atom is 0.240 e. The Balaban J connectivity index is 2.05. The molecular weight excluding hydrogens is 280 g/mol. The van der Waals surface area contributed by atoms with E-state index in [2.05, 4.69) is 16.3 Å². The Morgan fingerprint density at radius 3 is 2.32 bits per heavy atom. The van der Waals surface area contributed by atoms with E-state index in [1.165, 1.54) is 6.42 Å². The number of anilines is 1. The van der Waals surface area contributed by atoms with E-state index in [-0.39, 0.29) is 4.75 Å². The summed E-state index contributed by atoms with van der Waals surface area (Å²) in [6, 6.07) is 6.78. The summed E-state index contributed by atoms with van der Waals surface area (Å²) in [4.78, 5) is 0.321. The summed E-state index contributed by atoms with van der Waals surface area (Å²) in [6.45, 7) is 0.518. The zero-order valence-corrected chi connectivity index (χ0v) is 12.9. The molecule has 6 heteroatoms. The van der Waals surface area contributed by atoms with Gasteiger partial charge in [0.15, 0.2) is 0 Å². The summed E-state index contributed by atoms with van der Waals surface area (Å²) in [5, 5.41) is 2.97. The highest BCUT2D eigenvalue weighted by Gasteiger charge is 2.37. The number of hydrogen-bond donors (Lipinski definition) is 2. The summed E-state index contributed by atoms with van der Waals surface area (Å²) in [5.74, 6) is 0. The second-order valence-electron chi connectivity index (χ2n) is 4.84. The molecule has 0 aliphatic heterocycles. The van der Waals surface area contributed by atoms with Gasteiger partial charge in [0.1, 0.15) is 0 Å². The minimum atomic E-state index is -3.40. The largest absolute Gasteiger partial charge is 0.388 e. The van der Waals surface area contributed by atoms with Crippen molar-refractivity contribution >= 4 is 27.5 Å². The molecule has 0 aromatic heterocycles. The van der Waals surface area contributed by atoms with E-state index in [0.29, 0.717) is 11.4 Å². The van der Waals surface area contributed by atoms with Gasteiger partial charge in [-0.1, -0.05) is 6.42 Å². The summed E-state index contributed by atoms with van der Waals surface area (Å²) in [6.07, 6.45) is 5.43. The van der Waals surface area contributed by atoms with Gasteiger partial charge in [0.05, 0.1) is 4.90 Å². The van der Waals surface area contributed by atoms with E-state index in [4.69, 9.17) is 0 Å². The molecule has 0 spiro atoms. The van der Waals surface area contributed by atoms with Crippen molar-refractivity contribution in [2.75, 3.05) is 25.2 Å². The average molecular weight is 300 g/mol. The van der Waals surface area contributed by atoms with E-state index >= 15 is 0 Å². The van der Waals surface area contributed by atoms with Gasteiger partial charge in [0.2, 0.25) is 10.0 Å². The predicted octanol–water partition coefficient (Wildman–Crippen LogP) is 2.29. The van der Waals surface area contributed by atoms with Crippen LogP contribution < -0.4 is 10.0 Å². The summed E-state index contributed by atoms with van der Waals surface area (Å²) in [7, 11) is -1.59. The van der Waals surface area contributed by atoms with Crippen LogP contribution >= 0.6 is 11.8 Å². The van der Waals surface area contributed by atoms with Crippen molar-refractivity contribution in [3.05, 3.63) is 24.3 Å². The topological polar surface area (TPSA) is 58.2 Å². The standard InChI is InChI=1S/C13H20N2O2S2/c1-14-11-4-6-12(7-5-11)19(16,17)15-10-13(18-2)8-3-9-13/h4-7,14-15H,3,8-10H2,1-2H3. The summed E-state index contributed by atoms with van der Waals surface area (Å²) < 4.78 is 27.2. The Labute approximate surface area is 119 Å². The van der Waals surface area contributed by atoms with Gasteiger partial charge in [-0.3, -0.25) is 0 Å². The number of benzene rings is 1. The van der Waals surface area contributed by atoms with Crippen molar-refractivity contribution in [2.45, 2.75) is 28.9 Å². The average Bonchev–Trinajstić information content (AvgIpc) is 2.38. The molecule has 1 aliphatic carbocycles. The number of rotatable bonds is 6. The third-order valence-electron chi connectivity index (χ3n) is 3.74. The summed E-state index contributed by atoms with van der Waals surface area (Å²) in [5.41, 5.74) is 0.901. The van der Waals surface area contributed by atoms with E-state index < -0.39 is 10.0 Å².